The number of aryl methyl sites for hydroxylation is 1. The molecule has 1 unspecified atom stereocenters. The molecule has 2 rings (SSSR count). The molecule has 1 aliphatic rings. The minimum Gasteiger partial charge on any atom is -0.396 e. The third-order valence-electron chi connectivity index (χ3n) is 3.43. The van der Waals surface area contributed by atoms with Crippen molar-refractivity contribution >= 4 is 17.2 Å². The average molecular weight is 253 g/mol. The number of hydrogen-bond donors (Lipinski definition) is 1. The highest BCUT2D eigenvalue weighted by Gasteiger charge is 2.27. The van der Waals surface area contributed by atoms with Crippen LogP contribution in [-0.4, -0.2) is 35.6 Å². The molecule has 1 aromatic heterocycles. The molecule has 17 heavy (non-hydrogen) atoms. The summed E-state index contributed by atoms with van der Waals surface area (Å²) in [5.74, 6) is 0.659. The van der Waals surface area contributed by atoms with E-state index >= 15 is 0 Å². The van der Waals surface area contributed by atoms with Gasteiger partial charge in [0.25, 0.3) is 5.91 Å². The predicted molar refractivity (Wildman–Crippen MR) is 69.4 cm³/mol. The summed E-state index contributed by atoms with van der Waals surface area (Å²) in [6, 6.07) is 2.04. The Labute approximate surface area is 106 Å². The van der Waals surface area contributed by atoms with E-state index in [4.69, 9.17) is 5.11 Å². The van der Waals surface area contributed by atoms with Crippen LogP contribution in [-0.2, 0) is 6.42 Å². The van der Waals surface area contributed by atoms with Gasteiger partial charge >= 0.3 is 0 Å². The lowest BCUT2D eigenvalue weighted by Gasteiger charge is -2.16. The van der Waals surface area contributed by atoms with Gasteiger partial charge in [0.1, 0.15) is 0 Å². The van der Waals surface area contributed by atoms with E-state index in [9.17, 15) is 4.79 Å². The Balaban J connectivity index is 2.02. The fourth-order valence-corrected chi connectivity index (χ4v) is 3.34. The van der Waals surface area contributed by atoms with Gasteiger partial charge in [0.15, 0.2) is 0 Å². The predicted octanol–water partition coefficient (Wildman–Crippen LogP) is 2.16. The van der Waals surface area contributed by atoms with Crippen LogP contribution in [0, 0.1) is 5.92 Å². The van der Waals surface area contributed by atoms with Crippen LogP contribution in [0.1, 0.15) is 35.0 Å². The smallest absolute Gasteiger partial charge is 0.264 e. The SMILES string of the molecule is CCc1ccsc1C(=O)N1CCC(CCO)C1. The third kappa shape index (κ3) is 2.69. The van der Waals surface area contributed by atoms with Crippen LogP contribution in [0.5, 0.6) is 0 Å². The summed E-state index contributed by atoms with van der Waals surface area (Å²) in [5.41, 5.74) is 1.16. The molecule has 1 atom stereocenters. The third-order valence-corrected chi connectivity index (χ3v) is 4.38. The second-order valence-electron chi connectivity index (χ2n) is 4.55. The van der Waals surface area contributed by atoms with E-state index in [0.29, 0.717) is 5.92 Å². The van der Waals surface area contributed by atoms with Gasteiger partial charge in [-0.2, -0.15) is 0 Å². The van der Waals surface area contributed by atoms with Crippen LogP contribution in [0.15, 0.2) is 11.4 Å². The first-order valence-corrected chi connectivity index (χ1v) is 7.10. The van der Waals surface area contributed by atoms with Crippen LogP contribution in [0.3, 0.4) is 0 Å². The monoisotopic (exact) mass is 253 g/mol. The number of carbonyl (C=O) groups excluding carboxylic acids is 1. The summed E-state index contributed by atoms with van der Waals surface area (Å²) in [6.45, 7) is 3.95. The van der Waals surface area contributed by atoms with Gasteiger partial charge in [0, 0.05) is 19.7 Å². The minimum absolute atomic E-state index is 0.178. The van der Waals surface area contributed by atoms with Crippen molar-refractivity contribution in [3.05, 3.63) is 21.9 Å². The van der Waals surface area contributed by atoms with Gasteiger partial charge in [-0.25, -0.2) is 0 Å². The van der Waals surface area contributed by atoms with Gasteiger partial charge in [0.2, 0.25) is 0 Å². The molecule has 0 spiro atoms. The molecule has 2 heterocycles. The first-order chi connectivity index (χ1) is 8.26. The number of hydrogen-bond acceptors (Lipinski definition) is 3. The fraction of sp³-hybridized carbons (Fsp3) is 0.615. The van der Waals surface area contributed by atoms with E-state index in [1.807, 2.05) is 16.3 Å². The fourth-order valence-electron chi connectivity index (χ4n) is 2.38. The van der Waals surface area contributed by atoms with Crippen molar-refractivity contribution in [1.29, 1.82) is 0 Å². The number of thiophene rings is 1. The van der Waals surface area contributed by atoms with Crippen molar-refractivity contribution in [2.75, 3.05) is 19.7 Å². The molecule has 0 aliphatic carbocycles. The molecule has 1 amide bonds. The maximum absolute atomic E-state index is 12.3. The Hall–Kier alpha value is -0.870. The molecule has 1 fully saturated rings. The Morgan fingerprint density at radius 2 is 2.47 bits per heavy atom. The number of carbonyl (C=O) groups is 1. The van der Waals surface area contributed by atoms with E-state index in [0.717, 1.165) is 42.8 Å². The Morgan fingerprint density at radius 1 is 1.65 bits per heavy atom. The van der Waals surface area contributed by atoms with Gasteiger partial charge < -0.3 is 10.0 Å². The van der Waals surface area contributed by atoms with Gasteiger partial charge in [0.05, 0.1) is 4.88 Å². The number of nitrogens with zero attached hydrogens (tertiary/aromatic N) is 1. The Bertz CT molecular complexity index is 389. The van der Waals surface area contributed by atoms with Crippen LogP contribution >= 0.6 is 11.3 Å². The summed E-state index contributed by atoms with van der Waals surface area (Å²) in [7, 11) is 0. The number of aliphatic hydroxyl groups excluding tert-OH is 1. The molecule has 0 aromatic carbocycles. The highest BCUT2D eigenvalue weighted by Crippen LogP contribution is 2.25. The van der Waals surface area contributed by atoms with Crippen LogP contribution < -0.4 is 0 Å². The van der Waals surface area contributed by atoms with Crippen molar-refractivity contribution in [3.63, 3.8) is 0 Å². The first kappa shape index (κ1) is 12.6. The summed E-state index contributed by atoms with van der Waals surface area (Å²) in [6.07, 6.45) is 2.76. The lowest BCUT2D eigenvalue weighted by molar-refractivity contribution is 0.0788. The van der Waals surface area contributed by atoms with E-state index in [1.165, 1.54) is 0 Å². The standard InChI is InChI=1S/C13H19NO2S/c1-2-11-5-8-17-12(11)13(16)14-6-3-10(9-14)4-7-15/h5,8,10,15H,2-4,6-7,9H2,1H3. The van der Waals surface area contributed by atoms with Crippen molar-refractivity contribution in [2.45, 2.75) is 26.2 Å². The second kappa shape index (κ2) is 5.65. The molecule has 4 heteroatoms. The molecule has 1 aliphatic heterocycles. The maximum Gasteiger partial charge on any atom is 0.264 e. The van der Waals surface area contributed by atoms with Crippen molar-refractivity contribution in [1.82, 2.24) is 4.90 Å². The molecule has 94 valence electrons. The second-order valence-corrected chi connectivity index (χ2v) is 5.46. The van der Waals surface area contributed by atoms with E-state index < -0.39 is 0 Å². The number of likely N-dealkylation sites (tertiary alicyclic amines) is 1. The van der Waals surface area contributed by atoms with Crippen molar-refractivity contribution < 1.29 is 9.90 Å². The topological polar surface area (TPSA) is 40.5 Å². The normalized spacial score (nSPS) is 19.9. The van der Waals surface area contributed by atoms with Gasteiger partial charge in [-0.1, -0.05) is 6.92 Å². The summed E-state index contributed by atoms with van der Waals surface area (Å²) < 4.78 is 0. The Morgan fingerprint density at radius 3 is 3.18 bits per heavy atom. The zero-order valence-corrected chi connectivity index (χ0v) is 11.0. The number of rotatable bonds is 4. The minimum atomic E-state index is 0.178. The summed E-state index contributed by atoms with van der Waals surface area (Å²) >= 11 is 1.54. The molecule has 3 nitrogen and oxygen atoms in total. The van der Waals surface area contributed by atoms with Gasteiger partial charge in [-0.05, 0) is 42.2 Å². The molecule has 0 radical (unpaired) electrons. The first-order valence-electron chi connectivity index (χ1n) is 6.22. The summed E-state index contributed by atoms with van der Waals surface area (Å²) in [5, 5.41) is 10.9. The van der Waals surface area contributed by atoms with E-state index in [1.54, 1.807) is 11.3 Å². The summed E-state index contributed by atoms with van der Waals surface area (Å²) in [4.78, 5) is 15.1. The van der Waals surface area contributed by atoms with Crippen molar-refractivity contribution in [3.8, 4) is 0 Å². The van der Waals surface area contributed by atoms with Crippen LogP contribution in [0.2, 0.25) is 0 Å². The molecule has 1 saturated heterocycles. The van der Waals surface area contributed by atoms with Gasteiger partial charge in [-0.15, -0.1) is 11.3 Å². The maximum atomic E-state index is 12.3. The van der Waals surface area contributed by atoms with E-state index in [2.05, 4.69) is 6.92 Å². The molecule has 1 aromatic rings. The molecule has 0 bridgehead atoms. The largest absolute Gasteiger partial charge is 0.396 e. The quantitative estimate of drug-likeness (QED) is 0.893. The lowest BCUT2D eigenvalue weighted by atomic mass is 10.1. The van der Waals surface area contributed by atoms with Crippen molar-refractivity contribution in [2.24, 2.45) is 5.92 Å². The zero-order valence-electron chi connectivity index (χ0n) is 10.2. The molecular formula is C13H19NO2S. The molecular weight excluding hydrogens is 234 g/mol. The molecule has 1 N–H and O–H groups in total. The highest BCUT2D eigenvalue weighted by molar-refractivity contribution is 7.12. The highest BCUT2D eigenvalue weighted by atomic mass is 32.1. The lowest BCUT2D eigenvalue weighted by Crippen LogP contribution is -2.28. The van der Waals surface area contributed by atoms with Gasteiger partial charge in [-0.3, -0.25) is 4.79 Å². The van der Waals surface area contributed by atoms with Crippen LogP contribution in [0.4, 0.5) is 0 Å². The number of aliphatic hydroxyl groups is 1. The zero-order chi connectivity index (χ0) is 12.3. The number of amides is 1. The molecule has 0 saturated carbocycles. The van der Waals surface area contributed by atoms with E-state index in [-0.39, 0.29) is 12.5 Å². The van der Waals surface area contributed by atoms with Crippen LogP contribution in [0.25, 0.3) is 0 Å². The average Bonchev–Trinajstić information content (AvgIpc) is 2.96. The Kier molecular flexibility index (Phi) is 4.18.